The van der Waals surface area contributed by atoms with E-state index in [1.54, 1.807) is 0 Å². The highest BCUT2D eigenvalue weighted by molar-refractivity contribution is 5.07. The van der Waals surface area contributed by atoms with Crippen molar-refractivity contribution in [3.05, 3.63) is 24.3 Å². The van der Waals surface area contributed by atoms with Crippen molar-refractivity contribution in [3.8, 4) is 0 Å². The van der Waals surface area contributed by atoms with E-state index < -0.39 is 6.23 Å². The van der Waals surface area contributed by atoms with Gasteiger partial charge in [0.25, 0.3) is 0 Å². The van der Waals surface area contributed by atoms with Gasteiger partial charge in [0.1, 0.15) is 6.23 Å². The summed E-state index contributed by atoms with van der Waals surface area (Å²) in [5, 5.41) is 13.5. The number of nitrogens with one attached hydrogen (secondary N) is 1. The number of aliphatic hydroxyl groups excluding tert-OH is 1. The molecule has 2 atom stereocenters. The summed E-state index contributed by atoms with van der Waals surface area (Å²) in [6.07, 6.45) is 9.83. The molecule has 0 spiro atoms. The average molecular weight is 224 g/mol. The molecular weight excluding hydrogens is 200 g/mol. The summed E-state index contributed by atoms with van der Waals surface area (Å²) in [6, 6.07) is 0. The van der Waals surface area contributed by atoms with Crippen molar-refractivity contribution in [1.82, 2.24) is 10.2 Å². The van der Waals surface area contributed by atoms with Gasteiger partial charge in [-0.25, -0.2) is 0 Å². The number of likely N-dealkylation sites (N-methyl/N-ethyl adjacent to an activating group) is 1. The molecule has 0 radical (unpaired) electrons. The third kappa shape index (κ3) is 3.44. The molecule has 0 saturated carbocycles. The first-order valence-corrected chi connectivity index (χ1v) is 5.95. The predicted molar refractivity (Wildman–Crippen MR) is 68.2 cm³/mol. The van der Waals surface area contributed by atoms with Crippen LogP contribution in [-0.4, -0.2) is 43.4 Å². The maximum Gasteiger partial charge on any atom is 0.113 e. The van der Waals surface area contributed by atoms with Crippen LogP contribution in [0, 0.1) is 5.41 Å². The normalized spacial score (nSPS) is 36.1. The molecule has 16 heavy (non-hydrogen) atoms. The third-order valence-corrected chi connectivity index (χ3v) is 3.35. The molecule has 0 bridgehead atoms. The highest BCUT2D eigenvalue weighted by atomic mass is 16.3. The Kier molecular flexibility index (Phi) is 5.19. The molecule has 0 aromatic heterocycles. The SMILES string of the molecule is CNCC[C@@]1(C)C/C=C\C=C/CN(C)C1O. The Balaban J connectivity index is 2.77. The quantitative estimate of drug-likeness (QED) is 0.760. The molecule has 2 N–H and O–H groups in total. The summed E-state index contributed by atoms with van der Waals surface area (Å²) in [6.45, 7) is 3.88. The van der Waals surface area contributed by atoms with Crippen LogP contribution in [0.5, 0.6) is 0 Å². The Morgan fingerprint density at radius 1 is 1.44 bits per heavy atom. The molecule has 0 aromatic rings. The maximum absolute atomic E-state index is 10.4. The molecule has 1 unspecified atom stereocenters. The fraction of sp³-hybridized carbons (Fsp3) is 0.692. The van der Waals surface area contributed by atoms with Crippen LogP contribution in [-0.2, 0) is 0 Å². The van der Waals surface area contributed by atoms with Crippen molar-refractivity contribution < 1.29 is 5.11 Å². The largest absolute Gasteiger partial charge is 0.378 e. The molecule has 3 heteroatoms. The van der Waals surface area contributed by atoms with Gasteiger partial charge in [0.05, 0.1) is 0 Å². The van der Waals surface area contributed by atoms with Crippen molar-refractivity contribution in [2.45, 2.75) is 26.0 Å². The second-order valence-corrected chi connectivity index (χ2v) is 4.88. The number of aliphatic hydroxyl groups is 1. The van der Waals surface area contributed by atoms with Crippen molar-refractivity contribution >= 4 is 0 Å². The van der Waals surface area contributed by atoms with Crippen LogP contribution in [0.3, 0.4) is 0 Å². The first-order chi connectivity index (χ1) is 7.60. The molecule has 92 valence electrons. The molecular formula is C13H24N2O. The topological polar surface area (TPSA) is 35.5 Å². The highest BCUT2D eigenvalue weighted by Gasteiger charge is 2.33. The van der Waals surface area contributed by atoms with Crippen LogP contribution >= 0.6 is 0 Å². The van der Waals surface area contributed by atoms with E-state index in [-0.39, 0.29) is 5.41 Å². The van der Waals surface area contributed by atoms with Crippen LogP contribution < -0.4 is 5.32 Å². The molecule has 1 rings (SSSR count). The molecule has 1 heterocycles. The van der Waals surface area contributed by atoms with Gasteiger partial charge in [-0.2, -0.15) is 0 Å². The minimum Gasteiger partial charge on any atom is -0.378 e. The van der Waals surface area contributed by atoms with E-state index in [4.69, 9.17) is 0 Å². The Hall–Kier alpha value is -0.640. The number of nitrogens with zero attached hydrogens (tertiary/aromatic N) is 1. The molecule has 0 fully saturated rings. The van der Waals surface area contributed by atoms with Gasteiger partial charge in [-0.1, -0.05) is 31.2 Å². The van der Waals surface area contributed by atoms with E-state index in [1.807, 2.05) is 25.1 Å². The van der Waals surface area contributed by atoms with E-state index in [0.717, 1.165) is 25.9 Å². The van der Waals surface area contributed by atoms with Crippen molar-refractivity contribution in [2.24, 2.45) is 5.41 Å². The summed E-state index contributed by atoms with van der Waals surface area (Å²) in [5.41, 5.74) is -0.0831. The van der Waals surface area contributed by atoms with E-state index in [9.17, 15) is 5.11 Å². The smallest absolute Gasteiger partial charge is 0.113 e. The molecule has 0 aromatic carbocycles. The molecule has 1 aliphatic heterocycles. The lowest BCUT2D eigenvalue weighted by Gasteiger charge is -2.38. The molecule has 0 saturated heterocycles. The monoisotopic (exact) mass is 224 g/mol. The van der Waals surface area contributed by atoms with Crippen molar-refractivity contribution in [3.63, 3.8) is 0 Å². The van der Waals surface area contributed by atoms with Crippen LogP contribution in [0.4, 0.5) is 0 Å². The van der Waals surface area contributed by atoms with Gasteiger partial charge >= 0.3 is 0 Å². The minimum absolute atomic E-state index is 0.0831. The maximum atomic E-state index is 10.4. The number of allylic oxidation sites excluding steroid dienone is 3. The third-order valence-electron chi connectivity index (χ3n) is 3.35. The molecule has 0 amide bonds. The van der Waals surface area contributed by atoms with Gasteiger partial charge in [0.15, 0.2) is 0 Å². The molecule has 1 aliphatic rings. The first kappa shape index (κ1) is 13.4. The average Bonchev–Trinajstić information content (AvgIpc) is 2.33. The Labute approximate surface area is 98.8 Å². The zero-order valence-electron chi connectivity index (χ0n) is 10.6. The highest BCUT2D eigenvalue weighted by Crippen LogP contribution is 2.32. The van der Waals surface area contributed by atoms with Crippen LogP contribution in [0.1, 0.15) is 19.8 Å². The van der Waals surface area contributed by atoms with Crippen molar-refractivity contribution in [1.29, 1.82) is 0 Å². The Bertz CT molecular complexity index is 263. The summed E-state index contributed by atoms with van der Waals surface area (Å²) in [4.78, 5) is 2.00. The fourth-order valence-electron chi connectivity index (χ4n) is 2.10. The predicted octanol–water partition coefficient (Wildman–Crippen LogP) is 1.37. The lowest BCUT2D eigenvalue weighted by Crippen LogP contribution is -2.45. The first-order valence-electron chi connectivity index (χ1n) is 5.95. The lowest BCUT2D eigenvalue weighted by atomic mass is 9.80. The van der Waals surface area contributed by atoms with E-state index in [1.165, 1.54) is 0 Å². The van der Waals surface area contributed by atoms with E-state index in [0.29, 0.717) is 0 Å². The summed E-state index contributed by atoms with van der Waals surface area (Å²) < 4.78 is 0. The van der Waals surface area contributed by atoms with E-state index >= 15 is 0 Å². The Morgan fingerprint density at radius 2 is 2.12 bits per heavy atom. The Morgan fingerprint density at radius 3 is 2.81 bits per heavy atom. The fourth-order valence-corrected chi connectivity index (χ4v) is 2.10. The van der Waals surface area contributed by atoms with Gasteiger partial charge in [-0.15, -0.1) is 0 Å². The second kappa shape index (κ2) is 6.18. The molecule has 3 nitrogen and oxygen atoms in total. The summed E-state index contributed by atoms with van der Waals surface area (Å²) >= 11 is 0. The van der Waals surface area contributed by atoms with Gasteiger partial charge in [0, 0.05) is 12.0 Å². The van der Waals surface area contributed by atoms with Crippen LogP contribution in [0.2, 0.25) is 0 Å². The molecule has 0 aliphatic carbocycles. The van der Waals surface area contributed by atoms with Gasteiger partial charge in [-0.3, -0.25) is 4.90 Å². The van der Waals surface area contributed by atoms with Gasteiger partial charge in [-0.05, 0) is 33.5 Å². The standard InChI is InChI=1S/C13H24N2O/c1-13(9-10-14-2)8-6-4-5-7-11-15(3)12(13)16/h4-7,12,14,16H,8-11H2,1-3H3/b6-4-,7-5-/t12?,13-/m1/s1. The van der Waals surface area contributed by atoms with E-state index in [2.05, 4.69) is 30.5 Å². The number of hydrogen-bond acceptors (Lipinski definition) is 3. The van der Waals surface area contributed by atoms with Gasteiger partial charge in [0.2, 0.25) is 0 Å². The van der Waals surface area contributed by atoms with Crippen LogP contribution in [0.25, 0.3) is 0 Å². The lowest BCUT2D eigenvalue weighted by molar-refractivity contribution is -0.0705. The number of hydrogen-bond donors (Lipinski definition) is 2. The van der Waals surface area contributed by atoms with Gasteiger partial charge < -0.3 is 10.4 Å². The van der Waals surface area contributed by atoms with Crippen LogP contribution in [0.15, 0.2) is 24.3 Å². The van der Waals surface area contributed by atoms with Crippen molar-refractivity contribution in [2.75, 3.05) is 27.2 Å². The second-order valence-electron chi connectivity index (χ2n) is 4.88. The minimum atomic E-state index is -0.395. The zero-order valence-corrected chi connectivity index (χ0v) is 10.6. The number of rotatable bonds is 3. The zero-order chi connectivity index (χ0) is 12.0. The summed E-state index contributed by atoms with van der Waals surface area (Å²) in [7, 11) is 3.92. The summed E-state index contributed by atoms with van der Waals surface area (Å²) in [5.74, 6) is 0.